The van der Waals surface area contributed by atoms with E-state index in [1.807, 2.05) is 30.3 Å². The molecule has 1 N–H and O–H groups in total. The second-order valence-electron chi connectivity index (χ2n) is 3.59. The summed E-state index contributed by atoms with van der Waals surface area (Å²) < 4.78 is 10.2. The fraction of sp³-hybridized carbons (Fsp3) is 0.0714. The third-order valence-electron chi connectivity index (χ3n) is 2.38. The summed E-state index contributed by atoms with van der Waals surface area (Å²) in [5.74, 6) is -0.567. The minimum absolute atomic E-state index is 0.123. The van der Waals surface area contributed by atoms with Crippen molar-refractivity contribution in [1.29, 1.82) is 0 Å². The number of para-hydroxylation sites is 1. The molecule has 0 aliphatic carbocycles. The molecule has 0 unspecified atom stereocenters. The second-order valence-corrected chi connectivity index (χ2v) is 3.59. The highest BCUT2D eigenvalue weighted by atomic mass is 16.5. The van der Waals surface area contributed by atoms with Gasteiger partial charge in [-0.2, -0.15) is 0 Å². The summed E-state index contributed by atoms with van der Waals surface area (Å²) in [7, 11) is 1.31. The van der Waals surface area contributed by atoms with Crippen LogP contribution in [0.3, 0.4) is 0 Å². The fourth-order valence-electron chi connectivity index (χ4n) is 1.54. The van der Waals surface area contributed by atoms with Crippen molar-refractivity contribution in [2.24, 2.45) is 0 Å². The number of carboxylic acids is 1. The number of rotatable bonds is 4. The molecule has 4 nitrogen and oxygen atoms in total. The van der Waals surface area contributed by atoms with E-state index in [1.165, 1.54) is 13.2 Å². The van der Waals surface area contributed by atoms with Gasteiger partial charge in [0.05, 0.1) is 7.11 Å². The van der Waals surface area contributed by atoms with Crippen molar-refractivity contribution < 1.29 is 19.1 Å². The Hall–Kier alpha value is -2.49. The standard InChI is InChI=1S/C14H12O4/c1-17-13(14(15)16)8-4-6-11-9-10-5-2-3-7-12(10)18-11/h2-9H,1H3,(H,15,16)/b6-4+,13-8-. The van der Waals surface area contributed by atoms with E-state index >= 15 is 0 Å². The Morgan fingerprint density at radius 2 is 2.17 bits per heavy atom. The molecule has 18 heavy (non-hydrogen) atoms. The average Bonchev–Trinajstić information content (AvgIpc) is 2.76. The van der Waals surface area contributed by atoms with Crippen molar-refractivity contribution in [2.75, 3.05) is 7.11 Å². The summed E-state index contributed by atoms with van der Waals surface area (Å²) in [6, 6.07) is 9.53. The zero-order valence-electron chi connectivity index (χ0n) is 9.79. The van der Waals surface area contributed by atoms with E-state index in [9.17, 15) is 4.79 Å². The van der Waals surface area contributed by atoms with Gasteiger partial charge < -0.3 is 14.3 Å². The zero-order valence-corrected chi connectivity index (χ0v) is 9.79. The number of ether oxygens (including phenoxy) is 1. The molecule has 1 heterocycles. The Kier molecular flexibility index (Phi) is 3.48. The summed E-state index contributed by atoms with van der Waals surface area (Å²) in [5, 5.41) is 9.74. The van der Waals surface area contributed by atoms with Gasteiger partial charge in [-0.25, -0.2) is 4.79 Å². The maximum absolute atomic E-state index is 10.7. The lowest BCUT2D eigenvalue weighted by molar-refractivity contribution is -0.136. The van der Waals surface area contributed by atoms with Crippen LogP contribution in [0.15, 0.2) is 52.7 Å². The predicted octanol–water partition coefficient (Wildman–Crippen LogP) is 3.06. The molecule has 0 spiro atoms. The molecule has 2 rings (SSSR count). The van der Waals surface area contributed by atoms with E-state index in [0.29, 0.717) is 5.76 Å². The molecular formula is C14H12O4. The van der Waals surface area contributed by atoms with Crippen LogP contribution in [0.25, 0.3) is 17.0 Å². The van der Waals surface area contributed by atoms with E-state index in [4.69, 9.17) is 9.52 Å². The van der Waals surface area contributed by atoms with Gasteiger partial charge in [0, 0.05) is 5.39 Å². The Morgan fingerprint density at radius 3 is 2.83 bits per heavy atom. The molecule has 0 saturated carbocycles. The van der Waals surface area contributed by atoms with Crippen LogP contribution in [-0.4, -0.2) is 18.2 Å². The van der Waals surface area contributed by atoms with Crippen LogP contribution < -0.4 is 0 Å². The first kappa shape index (κ1) is 12.0. The first-order chi connectivity index (χ1) is 8.70. The van der Waals surface area contributed by atoms with Gasteiger partial charge in [0.2, 0.25) is 5.76 Å². The molecule has 1 aromatic carbocycles. The monoisotopic (exact) mass is 244 g/mol. The molecule has 0 fully saturated rings. The zero-order chi connectivity index (χ0) is 13.0. The molecule has 0 aliphatic heterocycles. The number of allylic oxidation sites excluding steroid dienone is 2. The normalized spacial score (nSPS) is 12.2. The Morgan fingerprint density at radius 1 is 1.39 bits per heavy atom. The molecule has 2 aromatic rings. The number of fused-ring (bicyclic) bond motifs is 1. The third kappa shape index (κ3) is 2.60. The highest BCUT2D eigenvalue weighted by molar-refractivity contribution is 5.85. The van der Waals surface area contributed by atoms with Crippen molar-refractivity contribution in [3.8, 4) is 0 Å². The van der Waals surface area contributed by atoms with Crippen LogP contribution in [0.4, 0.5) is 0 Å². The number of hydrogen-bond donors (Lipinski definition) is 1. The van der Waals surface area contributed by atoms with Gasteiger partial charge in [-0.05, 0) is 24.3 Å². The van der Waals surface area contributed by atoms with Gasteiger partial charge in [-0.1, -0.05) is 24.3 Å². The number of benzene rings is 1. The van der Waals surface area contributed by atoms with Crippen LogP contribution in [0, 0.1) is 0 Å². The van der Waals surface area contributed by atoms with E-state index in [-0.39, 0.29) is 5.76 Å². The largest absolute Gasteiger partial charge is 0.490 e. The van der Waals surface area contributed by atoms with Crippen LogP contribution in [0.1, 0.15) is 5.76 Å². The number of carbonyl (C=O) groups is 1. The lowest BCUT2D eigenvalue weighted by Gasteiger charge is -1.96. The van der Waals surface area contributed by atoms with E-state index in [2.05, 4.69) is 4.74 Å². The summed E-state index contributed by atoms with van der Waals surface area (Å²) >= 11 is 0. The van der Waals surface area contributed by atoms with Crippen LogP contribution in [0.5, 0.6) is 0 Å². The molecule has 92 valence electrons. The van der Waals surface area contributed by atoms with Crippen molar-refractivity contribution in [1.82, 2.24) is 0 Å². The molecule has 0 bridgehead atoms. The van der Waals surface area contributed by atoms with Crippen molar-refractivity contribution in [3.63, 3.8) is 0 Å². The first-order valence-electron chi connectivity index (χ1n) is 5.35. The molecule has 0 aliphatic rings. The number of methoxy groups -OCH3 is 1. The Bertz CT molecular complexity index is 587. The number of aliphatic carboxylic acids is 1. The van der Waals surface area contributed by atoms with Crippen molar-refractivity contribution >= 4 is 23.0 Å². The summed E-state index contributed by atoms with van der Waals surface area (Å²) in [6.45, 7) is 0. The van der Waals surface area contributed by atoms with Crippen molar-refractivity contribution in [3.05, 3.63) is 54.0 Å². The highest BCUT2D eigenvalue weighted by Gasteiger charge is 2.04. The average molecular weight is 244 g/mol. The Balaban J connectivity index is 2.20. The van der Waals surface area contributed by atoms with Gasteiger partial charge in [0.15, 0.2) is 0 Å². The molecule has 1 aromatic heterocycles. The minimum Gasteiger partial charge on any atom is -0.490 e. The van der Waals surface area contributed by atoms with E-state index < -0.39 is 5.97 Å². The van der Waals surface area contributed by atoms with E-state index in [1.54, 1.807) is 12.2 Å². The lowest BCUT2D eigenvalue weighted by atomic mass is 10.2. The summed E-state index contributed by atoms with van der Waals surface area (Å²) in [6.07, 6.45) is 4.63. The molecule has 4 heteroatoms. The fourth-order valence-corrected chi connectivity index (χ4v) is 1.54. The molecule has 0 radical (unpaired) electrons. The predicted molar refractivity (Wildman–Crippen MR) is 68.0 cm³/mol. The molecular weight excluding hydrogens is 232 g/mol. The Labute approximate surface area is 104 Å². The van der Waals surface area contributed by atoms with Crippen molar-refractivity contribution in [2.45, 2.75) is 0 Å². The topological polar surface area (TPSA) is 59.7 Å². The molecule has 0 atom stereocenters. The van der Waals surface area contributed by atoms with Gasteiger partial charge in [-0.3, -0.25) is 0 Å². The number of furan rings is 1. The number of hydrogen-bond acceptors (Lipinski definition) is 3. The maximum atomic E-state index is 10.7. The van der Waals surface area contributed by atoms with Crippen LogP contribution in [-0.2, 0) is 9.53 Å². The van der Waals surface area contributed by atoms with Crippen LogP contribution >= 0.6 is 0 Å². The van der Waals surface area contributed by atoms with E-state index in [0.717, 1.165) is 11.0 Å². The molecule has 0 amide bonds. The number of carboxylic acid groups (broad SMARTS) is 1. The quantitative estimate of drug-likeness (QED) is 0.510. The maximum Gasteiger partial charge on any atom is 0.371 e. The minimum atomic E-state index is -1.10. The van der Waals surface area contributed by atoms with Gasteiger partial charge >= 0.3 is 5.97 Å². The third-order valence-corrected chi connectivity index (χ3v) is 2.38. The highest BCUT2D eigenvalue weighted by Crippen LogP contribution is 2.19. The van der Waals surface area contributed by atoms with Gasteiger partial charge in [0.25, 0.3) is 0 Å². The van der Waals surface area contributed by atoms with Crippen LogP contribution in [0.2, 0.25) is 0 Å². The van der Waals surface area contributed by atoms with Gasteiger partial charge in [0.1, 0.15) is 11.3 Å². The SMILES string of the molecule is CO/C(=C\C=C\c1cc2ccccc2o1)C(=O)O. The van der Waals surface area contributed by atoms with Gasteiger partial charge in [-0.15, -0.1) is 0 Å². The first-order valence-corrected chi connectivity index (χ1v) is 5.35. The molecule has 0 saturated heterocycles. The smallest absolute Gasteiger partial charge is 0.371 e. The second kappa shape index (κ2) is 5.23. The summed E-state index contributed by atoms with van der Waals surface area (Å²) in [4.78, 5) is 10.7. The lowest BCUT2D eigenvalue weighted by Crippen LogP contribution is -2.01. The summed E-state index contributed by atoms with van der Waals surface area (Å²) in [5.41, 5.74) is 0.798.